The van der Waals surface area contributed by atoms with Crippen LogP contribution >= 0.6 is 0 Å². The molecule has 2 aliphatic rings. The quantitative estimate of drug-likeness (QED) is 0.176. The summed E-state index contributed by atoms with van der Waals surface area (Å²) in [4.78, 5) is 18.0. The van der Waals surface area contributed by atoms with E-state index in [2.05, 4.69) is 179 Å². The Hall–Kier alpha value is -7.57. The van der Waals surface area contributed by atoms with Crippen molar-refractivity contribution < 1.29 is 4.42 Å². The lowest BCUT2D eigenvalue weighted by atomic mass is 9.82. The molecule has 10 aromatic rings. The molecule has 0 amide bonds. The lowest BCUT2D eigenvalue weighted by Gasteiger charge is -2.30. The van der Waals surface area contributed by atoms with Crippen LogP contribution in [0.3, 0.4) is 0 Å². The summed E-state index contributed by atoms with van der Waals surface area (Å²) in [5.41, 5.74) is 12.0. The number of nitrogens with zero attached hydrogens (tertiary/aromatic N) is 5. The number of fused-ring (bicyclic) bond motifs is 10. The number of furan rings is 1. The molecule has 0 spiro atoms. The van der Waals surface area contributed by atoms with Crippen LogP contribution in [-0.4, -0.2) is 25.6 Å². The molecule has 7 aromatic carbocycles. The van der Waals surface area contributed by atoms with E-state index in [9.17, 15) is 0 Å². The summed E-state index contributed by atoms with van der Waals surface area (Å²) >= 11 is 0. The van der Waals surface area contributed by atoms with Crippen molar-refractivity contribution in [3.63, 3.8) is 0 Å². The fraction of sp³-hybridized carbons (Fsp3) is 0.0392. The second-order valence-corrected chi connectivity index (χ2v) is 14.8. The van der Waals surface area contributed by atoms with Crippen LogP contribution in [-0.2, 0) is 0 Å². The van der Waals surface area contributed by atoms with Gasteiger partial charge < -0.3 is 9.32 Å². The summed E-state index contributed by atoms with van der Waals surface area (Å²) in [6.45, 7) is 0. The van der Waals surface area contributed by atoms with Gasteiger partial charge in [-0.15, -0.1) is 0 Å². The maximum absolute atomic E-state index is 6.63. The first kappa shape index (κ1) is 31.7. The third-order valence-corrected chi connectivity index (χ3v) is 11.6. The Morgan fingerprint density at radius 1 is 0.491 bits per heavy atom. The molecule has 1 aliphatic heterocycles. The highest BCUT2D eigenvalue weighted by Gasteiger charge is 2.43. The standard InChI is InChI=1S/C51H33N5O/c1-3-14-32(15-4-1)34-18-13-19-36(30-34)55-43-25-12-9-22-39(43)47-44(55)27-29-46-48(47)40-31-35(26-28-45(40)57-46)50-52-49(33-16-5-2-6-17-33)53-51(54-50)56-41-23-10-7-20-37(41)38-21-8-11-24-42(38)56/h1-31,44,47H. The van der Waals surface area contributed by atoms with E-state index >= 15 is 0 Å². The van der Waals surface area contributed by atoms with E-state index in [4.69, 9.17) is 19.4 Å². The summed E-state index contributed by atoms with van der Waals surface area (Å²) in [6, 6.07) is 61.8. The highest BCUT2D eigenvalue weighted by atomic mass is 16.3. The molecule has 0 radical (unpaired) electrons. The Labute approximate surface area is 328 Å². The van der Waals surface area contributed by atoms with Crippen molar-refractivity contribution in [3.05, 3.63) is 199 Å². The van der Waals surface area contributed by atoms with Gasteiger partial charge in [0.2, 0.25) is 5.95 Å². The van der Waals surface area contributed by atoms with Crippen molar-refractivity contribution in [3.8, 4) is 39.9 Å². The van der Waals surface area contributed by atoms with E-state index in [0.717, 1.165) is 55.3 Å². The molecule has 57 heavy (non-hydrogen) atoms. The van der Waals surface area contributed by atoms with Crippen LogP contribution in [0.25, 0.3) is 78.7 Å². The molecule has 6 heteroatoms. The predicted octanol–water partition coefficient (Wildman–Crippen LogP) is 12.4. The number of aromatic nitrogens is 4. The van der Waals surface area contributed by atoms with Gasteiger partial charge in [-0.25, -0.2) is 4.98 Å². The summed E-state index contributed by atoms with van der Waals surface area (Å²) < 4.78 is 8.79. The molecule has 12 rings (SSSR count). The zero-order chi connectivity index (χ0) is 37.5. The Kier molecular flexibility index (Phi) is 6.95. The van der Waals surface area contributed by atoms with Crippen molar-refractivity contribution >= 4 is 50.2 Å². The molecule has 1 aliphatic carbocycles. The molecule has 6 nitrogen and oxygen atoms in total. The summed E-state index contributed by atoms with van der Waals surface area (Å²) in [7, 11) is 0. The third-order valence-electron chi connectivity index (χ3n) is 11.6. The minimum Gasteiger partial charge on any atom is -0.456 e. The summed E-state index contributed by atoms with van der Waals surface area (Å²) in [6.07, 6.45) is 4.47. The molecule has 0 N–H and O–H groups in total. The van der Waals surface area contributed by atoms with E-state index in [0.29, 0.717) is 17.6 Å². The molecule has 2 unspecified atom stereocenters. The Morgan fingerprint density at radius 3 is 1.91 bits per heavy atom. The molecular weight excluding hydrogens is 699 g/mol. The van der Waals surface area contributed by atoms with Gasteiger partial charge in [0.15, 0.2) is 11.6 Å². The monoisotopic (exact) mass is 731 g/mol. The van der Waals surface area contributed by atoms with Crippen LogP contribution in [0.4, 0.5) is 11.4 Å². The molecule has 4 heterocycles. The summed E-state index contributed by atoms with van der Waals surface area (Å²) in [5.74, 6) is 2.75. The second kappa shape index (κ2) is 12.5. The van der Waals surface area contributed by atoms with Crippen LogP contribution in [0.15, 0.2) is 186 Å². The average Bonchev–Trinajstić information content (AvgIpc) is 3.94. The number of benzene rings is 7. The van der Waals surface area contributed by atoms with Crippen LogP contribution in [0.2, 0.25) is 0 Å². The Balaban J connectivity index is 1.03. The molecule has 3 aromatic heterocycles. The van der Waals surface area contributed by atoms with Gasteiger partial charge in [-0.2, -0.15) is 9.97 Å². The van der Waals surface area contributed by atoms with Gasteiger partial charge in [0.1, 0.15) is 11.3 Å². The van der Waals surface area contributed by atoms with Crippen molar-refractivity contribution in [1.29, 1.82) is 0 Å². The average molecular weight is 732 g/mol. The van der Waals surface area contributed by atoms with Gasteiger partial charge in [-0.05, 0) is 71.3 Å². The van der Waals surface area contributed by atoms with Gasteiger partial charge in [0.05, 0.1) is 17.1 Å². The van der Waals surface area contributed by atoms with Crippen LogP contribution in [0, 0.1) is 0 Å². The van der Waals surface area contributed by atoms with Crippen molar-refractivity contribution in [2.45, 2.75) is 12.0 Å². The van der Waals surface area contributed by atoms with E-state index < -0.39 is 0 Å². The smallest absolute Gasteiger partial charge is 0.238 e. The topological polar surface area (TPSA) is 60.0 Å². The molecular formula is C51H33N5O. The number of hydrogen-bond acceptors (Lipinski definition) is 5. The normalized spacial score (nSPS) is 15.6. The van der Waals surface area contributed by atoms with E-state index in [1.54, 1.807) is 0 Å². The van der Waals surface area contributed by atoms with Crippen molar-refractivity contribution in [1.82, 2.24) is 19.5 Å². The van der Waals surface area contributed by atoms with E-state index in [-0.39, 0.29) is 12.0 Å². The third kappa shape index (κ3) is 4.94. The number of hydrogen-bond donors (Lipinski definition) is 0. The Morgan fingerprint density at radius 2 is 1.14 bits per heavy atom. The molecule has 268 valence electrons. The molecule has 0 bridgehead atoms. The van der Waals surface area contributed by atoms with Gasteiger partial charge >= 0.3 is 0 Å². The Bertz CT molecular complexity index is 3160. The first-order valence-electron chi connectivity index (χ1n) is 19.4. The maximum Gasteiger partial charge on any atom is 0.238 e. The highest BCUT2D eigenvalue weighted by Crippen LogP contribution is 2.54. The highest BCUT2D eigenvalue weighted by molar-refractivity contribution is 6.09. The minimum absolute atomic E-state index is 0.0597. The van der Waals surface area contributed by atoms with E-state index in [1.807, 2.05) is 18.2 Å². The fourth-order valence-corrected chi connectivity index (χ4v) is 9.12. The largest absolute Gasteiger partial charge is 0.456 e. The molecule has 0 saturated carbocycles. The SMILES string of the molecule is C1=CC2C(c3ccccc3N2c2cccc(-c3ccccc3)c2)c2c1oc1ccc(-c3nc(-c4ccccc4)nc(-n4c5ccccc5c5ccccc54)n3)cc21. The van der Waals surface area contributed by atoms with Gasteiger partial charge in [0, 0.05) is 50.1 Å². The lowest BCUT2D eigenvalue weighted by Crippen LogP contribution is -2.30. The van der Waals surface area contributed by atoms with Crippen molar-refractivity contribution in [2.75, 3.05) is 4.90 Å². The zero-order valence-corrected chi connectivity index (χ0v) is 30.7. The first-order chi connectivity index (χ1) is 28.3. The summed E-state index contributed by atoms with van der Waals surface area (Å²) in [5, 5.41) is 3.38. The number of para-hydroxylation sites is 3. The number of anilines is 2. The lowest BCUT2D eigenvalue weighted by molar-refractivity contribution is 0.584. The molecule has 2 atom stereocenters. The molecule has 0 saturated heterocycles. The van der Waals surface area contributed by atoms with Crippen LogP contribution in [0.1, 0.15) is 22.8 Å². The predicted molar refractivity (Wildman–Crippen MR) is 230 cm³/mol. The fourth-order valence-electron chi connectivity index (χ4n) is 9.12. The van der Waals surface area contributed by atoms with Gasteiger partial charge in [-0.3, -0.25) is 4.57 Å². The van der Waals surface area contributed by atoms with Crippen molar-refractivity contribution in [2.24, 2.45) is 0 Å². The second-order valence-electron chi connectivity index (χ2n) is 14.8. The zero-order valence-electron chi connectivity index (χ0n) is 30.7. The number of rotatable bonds is 5. The van der Waals surface area contributed by atoms with Gasteiger partial charge in [-0.1, -0.05) is 133 Å². The first-order valence-corrected chi connectivity index (χ1v) is 19.4. The van der Waals surface area contributed by atoms with Crippen LogP contribution in [0.5, 0.6) is 0 Å². The van der Waals surface area contributed by atoms with Crippen LogP contribution < -0.4 is 4.90 Å². The van der Waals surface area contributed by atoms with E-state index in [1.165, 1.54) is 27.9 Å². The van der Waals surface area contributed by atoms with Gasteiger partial charge in [0.25, 0.3) is 0 Å². The maximum atomic E-state index is 6.63. The molecule has 0 fully saturated rings. The minimum atomic E-state index is 0.0597.